The SMILES string of the molecule is CCOC(=O)CC1(C)c2cc(Cl)c(Cl)cc2C(=O)C1N. The molecule has 0 aliphatic heterocycles. The summed E-state index contributed by atoms with van der Waals surface area (Å²) in [7, 11) is 0. The number of esters is 1. The fourth-order valence-electron chi connectivity index (χ4n) is 2.56. The third kappa shape index (κ3) is 2.32. The predicted octanol–water partition coefficient (Wildman–Crippen LogP) is 2.73. The molecule has 0 aromatic heterocycles. The van der Waals surface area contributed by atoms with Gasteiger partial charge in [0.2, 0.25) is 0 Å². The molecular formula is C14H15Cl2NO3. The van der Waals surface area contributed by atoms with Crippen molar-refractivity contribution in [2.45, 2.75) is 31.7 Å². The normalized spacial score (nSPS) is 24.6. The molecule has 6 heteroatoms. The molecule has 0 saturated heterocycles. The van der Waals surface area contributed by atoms with Gasteiger partial charge in [0.1, 0.15) is 0 Å². The zero-order valence-electron chi connectivity index (χ0n) is 11.2. The number of fused-ring (bicyclic) bond motifs is 1. The molecule has 0 spiro atoms. The molecule has 2 atom stereocenters. The van der Waals surface area contributed by atoms with E-state index in [1.165, 1.54) is 6.07 Å². The molecule has 108 valence electrons. The van der Waals surface area contributed by atoms with Crippen molar-refractivity contribution in [2.24, 2.45) is 5.73 Å². The summed E-state index contributed by atoms with van der Waals surface area (Å²) >= 11 is 11.9. The Labute approximate surface area is 127 Å². The van der Waals surface area contributed by atoms with Gasteiger partial charge >= 0.3 is 5.97 Å². The number of Topliss-reactive ketones (excluding diaryl/α,β-unsaturated/α-hetero) is 1. The van der Waals surface area contributed by atoms with Crippen molar-refractivity contribution in [3.8, 4) is 0 Å². The Hall–Kier alpha value is -1.10. The van der Waals surface area contributed by atoms with Crippen LogP contribution in [0.2, 0.25) is 10.0 Å². The molecule has 1 aromatic rings. The summed E-state index contributed by atoms with van der Waals surface area (Å²) in [6.07, 6.45) is 0.0265. The van der Waals surface area contributed by atoms with Crippen molar-refractivity contribution in [1.82, 2.24) is 0 Å². The van der Waals surface area contributed by atoms with E-state index >= 15 is 0 Å². The maximum Gasteiger partial charge on any atom is 0.306 e. The van der Waals surface area contributed by atoms with Crippen LogP contribution in [-0.4, -0.2) is 24.4 Å². The number of nitrogens with two attached hydrogens (primary N) is 1. The van der Waals surface area contributed by atoms with Gasteiger partial charge in [-0.2, -0.15) is 0 Å². The second-order valence-corrected chi connectivity index (χ2v) is 5.87. The Balaban J connectivity index is 2.49. The lowest BCUT2D eigenvalue weighted by Crippen LogP contribution is -2.44. The van der Waals surface area contributed by atoms with Crippen LogP contribution in [0.25, 0.3) is 0 Å². The maximum absolute atomic E-state index is 12.2. The number of ketones is 1. The molecule has 0 radical (unpaired) electrons. The van der Waals surface area contributed by atoms with E-state index in [1.54, 1.807) is 19.9 Å². The monoisotopic (exact) mass is 315 g/mol. The smallest absolute Gasteiger partial charge is 0.306 e. The van der Waals surface area contributed by atoms with Gasteiger partial charge < -0.3 is 10.5 Å². The van der Waals surface area contributed by atoms with Gasteiger partial charge in [-0.15, -0.1) is 0 Å². The average molecular weight is 316 g/mol. The van der Waals surface area contributed by atoms with E-state index in [9.17, 15) is 9.59 Å². The van der Waals surface area contributed by atoms with Crippen molar-refractivity contribution in [2.75, 3.05) is 6.61 Å². The minimum atomic E-state index is -0.826. The van der Waals surface area contributed by atoms with E-state index in [0.29, 0.717) is 21.2 Å². The van der Waals surface area contributed by atoms with E-state index in [4.69, 9.17) is 33.7 Å². The van der Waals surface area contributed by atoms with Crippen LogP contribution in [0.1, 0.15) is 36.2 Å². The minimum absolute atomic E-state index is 0.0265. The molecule has 0 bridgehead atoms. The van der Waals surface area contributed by atoms with E-state index in [2.05, 4.69) is 0 Å². The number of benzene rings is 1. The molecule has 0 saturated carbocycles. The van der Waals surface area contributed by atoms with Crippen molar-refractivity contribution < 1.29 is 14.3 Å². The Bertz CT molecular complexity index is 588. The number of rotatable bonds is 3. The van der Waals surface area contributed by atoms with E-state index < -0.39 is 17.4 Å². The largest absolute Gasteiger partial charge is 0.466 e. The maximum atomic E-state index is 12.2. The minimum Gasteiger partial charge on any atom is -0.466 e. The Morgan fingerprint density at radius 3 is 2.60 bits per heavy atom. The lowest BCUT2D eigenvalue weighted by atomic mass is 9.78. The summed E-state index contributed by atoms with van der Waals surface area (Å²) in [5, 5.41) is 0.633. The lowest BCUT2D eigenvalue weighted by molar-refractivity contribution is -0.144. The fourth-order valence-corrected chi connectivity index (χ4v) is 2.89. The number of ether oxygens (including phenoxy) is 1. The first kappa shape index (κ1) is 15.3. The van der Waals surface area contributed by atoms with Crippen LogP contribution in [0, 0.1) is 0 Å². The predicted molar refractivity (Wildman–Crippen MR) is 77.4 cm³/mol. The van der Waals surface area contributed by atoms with E-state index in [1.807, 2.05) is 0 Å². The van der Waals surface area contributed by atoms with Crippen LogP contribution in [0.5, 0.6) is 0 Å². The number of carbonyl (C=O) groups is 2. The van der Waals surface area contributed by atoms with Gasteiger partial charge in [0.15, 0.2) is 5.78 Å². The van der Waals surface area contributed by atoms with Crippen molar-refractivity contribution in [3.05, 3.63) is 33.3 Å². The van der Waals surface area contributed by atoms with Crippen LogP contribution in [0.15, 0.2) is 12.1 Å². The Morgan fingerprint density at radius 2 is 2.00 bits per heavy atom. The molecule has 4 nitrogen and oxygen atoms in total. The number of hydrogen-bond acceptors (Lipinski definition) is 4. The van der Waals surface area contributed by atoms with E-state index in [-0.39, 0.29) is 18.8 Å². The first-order valence-corrected chi connectivity index (χ1v) is 7.01. The van der Waals surface area contributed by atoms with Crippen LogP contribution >= 0.6 is 23.2 Å². The molecule has 0 fully saturated rings. The molecule has 1 aliphatic carbocycles. The highest BCUT2D eigenvalue weighted by molar-refractivity contribution is 6.42. The van der Waals surface area contributed by atoms with Crippen molar-refractivity contribution >= 4 is 35.0 Å². The number of hydrogen-bond donors (Lipinski definition) is 1. The summed E-state index contributed by atoms with van der Waals surface area (Å²) < 4.78 is 4.96. The van der Waals surface area contributed by atoms with Crippen LogP contribution in [0.3, 0.4) is 0 Å². The molecule has 2 unspecified atom stereocenters. The van der Waals surface area contributed by atoms with Gasteiger partial charge in [0, 0.05) is 11.0 Å². The van der Waals surface area contributed by atoms with Gasteiger partial charge in [-0.1, -0.05) is 30.1 Å². The Morgan fingerprint density at radius 1 is 1.40 bits per heavy atom. The third-order valence-electron chi connectivity index (χ3n) is 3.73. The van der Waals surface area contributed by atoms with Crippen LogP contribution in [0.4, 0.5) is 0 Å². The zero-order chi connectivity index (χ0) is 15.1. The zero-order valence-corrected chi connectivity index (χ0v) is 12.7. The summed E-state index contributed by atoms with van der Waals surface area (Å²) in [6.45, 7) is 3.78. The summed E-state index contributed by atoms with van der Waals surface area (Å²) in [6, 6.07) is 2.32. The van der Waals surface area contributed by atoms with Crippen molar-refractivity contribution in [3.63, 3.8) is 0 Å². The molecule has 1 aliphatic rings. The highest BCUT2D eigenvalue weighted by Gasteiger charge is 2.48. The molecule has 1 aromatic carbocycles. The van der Waals surface area contributed by atoms with Gasteiger partial charge in [-0.25, -0.2) is 0 Å². The summed E-state index contributed by atoms with van der Waals surface area (Å²) in [4.78, 5) is 24.0. The average Bonchev–Trinajstić information content (AvgIpc) is 2.54. The summed E-state index contributed by atoms with van der Waals surface area (Å²) in [5.74, 6) is -0.623. The molecule has 0 amide bonds. The first-order chi connectivity index (χ1) is 9.31. The molecule has 20 heavy (non-hydrogen) atoms. The Kier molecular flexibility index (Phi) is 4.09. The molecular weight excluding hydrogens is 301 g/mol. The topological polar surface area (TPSA) is 69.4 Å². The number of carbonyl (C=O) groups excluding carboxylic acids is 2. The van der Waals surface area contributed by atoms with Gasteiger partial charge in [0.05, 0.1) is 29.1 Å². The third-order valence-corrected chi connectivity index (χ3v) is 4.45. The first-order valence-electron chi connectivity index (χ1n) is 6.26. The second-order valence-electron chi connectivity index (χ2n) is 5.05. The van der Waals surface area contributed by atoms with Gasteiger partial charge in [0.25, 0.3) is 0 Å². The van der Waals surface area contributed by atoms with E-state index in [0.717, 1.165) is 0 Å². The number of halogens is 2. The summed E-state index contributed by atoms with van der Waals surface area (Å²) in [5.41, 5.74) is 6.26. The quantitative estimate of drug-likeness (QED) is 0.871. The van der Waals surface area contributed by atoms with Gasteiger partial charge in [-0.05, 0) is 24.6 Å². The van der Waals surface area contributed by atoms with Gasteiger partial charge in [-0.3, -0.25) is 9.59 Å². The highest BCUT2D eigenvalue weighted by atomic mass is 35.5. The molecule has 2 rings (SSSR count). The second kappa shape index (κ2) is 5.35. The fraction of sp³-hybridized carbons (Fsp3) is 0.429. The lowest BCUT2D eigenvalue weighted by Gasteiger charge is -2.28. The van der Waals surface area contributed by atoms with Crippen molar-refractivity contribution in [1.29, 1.82) is 0 Å². The van der Waals surface area contributed by atoms with Crippen LogP contribution < -0.4 is 5.73 Å². The standard InChI is InChI=1S/C14H15Cl2NO3/c1-3-20-11(18)6-14(2)8-5-10(16)9(15)4-7(8)12(19)13(14)17/h4-5,13H,3,6,17H2,1-2H3. The highest BCUT2D eigenvalue weighted by Crippen LogP contribution is 2.43. The molecule has 2 N–H and O–H groups in total. The molecule has 0 heterocycles. The van der Waals surface area contributed by atoms with Crippen LogP contribution in [-0.2, 0) is 14.9 Å².